The molecule has 5 nitrogen and oxygen atoms in total. The maximum Gasteiger partial charge on any atom is 0.256 e. The number of ether oxygens (including phenoxy) is 1. The van der Waals surface area contributed by atoms with Gasteiger partial charge in [-0.15, -0.1) is 0 Å². The summed E-state index contributed by atoms with van der Waals surface area (Å²) < 4.78 is 18.1. The van der Waals surface area contributed by atoms with Crippen LogP contribution in [0.25, 0.3) is 0 Å². The number of amides is 1. The van der Waals surface area contributed by atoms with Crippen molar-refractivity contribution in [3.63, 3.8) is 0 Å². The van der Waals surface area contributed by atoms with Crippen molar-refractivity contribution in [2.24, 2.45) is 0 Å². The summed E-state index contributed by atoms with van der Waals surface area (Å²) in [5.74, 6) is 0.287. The summed E-state index contributed by atoms with van der Waals surface area (Å²) in [6.07, 6.45) is 1.29. The zero-order valence-electron chi connectivity index (χ0n) is 14.9. The zero-order chi connectivity index (χ0) is 18.4. The molecule has 1 aliphatic heterocycles. The first-order valence-electron chi connectivity index (χ1n) is 8.73. The van der Waals surface area contributed by atoms with Crippen LogP contribution in [0.1, 0.15) is 18.4 Å². The van der Waals surface area contributed by atoms with Crippen molar-refractivity contribution >= 4 is 22.4 Å². The van der Waals surface area contributed by atoms with Crippen LogP contribution >= 0.6 is 0 Å². The summed E-state index contributed by atoms with van der Waals surface area (Å²) in [5.41, 5.74) is 0.836. The van der Waals surface area contributed by atoms with Gasteiger partial charge in [0.05, 0.1) is 16.6 Å². The van der Waals surface area contributed by atoms with Crippen LogP contribution in [0.2, 0.25) is 0 Å². The number of anilines is 1. The number of benzene rings is 2. The van der Waals surface area contributed by atoms with Gasteiger partial charge in [-0.2, -0.15) is 0 Å². The second-order valence-corrected chi connectivity index (χ2v) is 7.86. The standard InChI is InChI=1S/C20H24N2O3S/c1-25-20(10-12-21-13-11-20)19(23)22-17-7-5-6-16(14-17)15-26(24)18-8-3-2-4-9-18/h2-9,14,21H,10-13,15H2,1H3,(H,22,23). The maximum absolute atomic E-state index is 12.8. The molecule has 6 heteroatoms. The number of hydrogen-bond donors (Lipinski definition) is 2. The van der Waals surface area contributed by atoms with E-state index >= 15 is 0 Å². The summed E-state index contributed by atoms with van der Waals surface area (Å²) in [6.45, 7) is 1.52. The zero-order valence-corrected chi connectivity index (χ0v) is 15.7. The lowest BCUT2D eigenvalue weighted by molar-refractivity contribution is -0.140. The van der Waals surface area contributed by atoms with Gasteiger partial charge in [0, 0.05) is 17.7 Å². The van der Waals surface area contributed by atoms with Crippen molar-refractivity contribution in [2.75, 3.05) is 25.5 Å². The molecule has 3 rings (SSSR count). The van der Waals surface area contributed by atoms with Gasteiger partial charge in [-0.05, 0) is 55.8 Å². The third kappa shape index (κ3) is 4.38. The van der Waals surface area contributed by atoms with Crippen LogP contribution in [0.4, 0.5) is 5.69 Å². The predicted octanol–water partition coefficient (Wildman–Crippen LogP) is 2.70. The summed E-state index contributed by atoms with van der Waals surface area (Å²) in [5, 5.41) is 6.21. The third-order valence-electron chi connectivity index (χ3n) is 4.70. The fourth-order valence-corrected chi connectivity index (χ4v) is 4.26. The molecule has 0 radical (unpaired) electrons. The van der Waals surface area contributed by atoms with Gasteiger partial charge in [-0.3, -0.25) is 9.00 Å². The number of nitrogens with one attached hydrogen (secondary N) is 2. The molecule has 2 aromatic rings. The minimum absolute atomic E-state index is 0.122. The quantitative estimate of drug-likeness (QED) is 0.818. The smallest absolute Gasteiger partial charge is 0.256 e. The maximum atomic E-state index is 12.8. The fourth-order valence-electron chi connectivity index (χ4n) is 3.15. The van der Waals surface area contributed by atoms with E-state index in [2.05, 4.69) is 10.6 Å². The highest BCUT2D eigenvalue weighted by atomic mass is 32.2. The lowest BCUT2D eigenvalue weighted by Gasteiger charge is -2.34. The monoisotopic (exact) mass is 372 g/mol. The Morgan fingerprint density at radius 3 is 2.58 bits per heavy atom. The molecule has 0 spiro atoms. The fraction of sp³-hybridized carbons (Fsp3) is 0.350. The van der Waals surface area contributed by atoms with Crippen LogP contribution in [0, 0.1) is 0 Å². The van der Waals surface area contributed by atoms with Gasteiger partial charge in [0.25, 0.3) is 5.91 Å². The third-order valence-corrected chi connectivity index (χ3v) is 6.10. The lowest BCUT2D eigenvalue weighted by Crippen LogP contribution is -2.51. The van der Waals surface area contributed by atoms with E-state index in [0.717, 1.165) is 23.5 Å². The first kappa shape index (κ1) is 18.8. The molecule has 2 N–H and O–H groups in total. The molecule has 1 aliphatic rings. The second kappa shape index (κ2) is 8.58. The van der Waals surface area contributed by atoms with Gasteiger partial charge in [-0.1, -0.05) is 30.3 Å². The number of piperidine rings is 1. The van der Waals surface area contributed by atoms with Crippen LogP contribution in [0.15, 0.2) is 59.5 Å². The highest BCUT2D eigenvalue weighted by Gasteiger charge is 2.39. The molecule has 1 atom stereocenters. The number of carbonyl (C=O) groups is 1. The van der Waals surface area contributed by atoms with Gasteiger partial charge in [0.1, 0.15) is 5.60 Å². The Morgan fingerprint density at radius 1 is 1.15 bits per heavy atom. The Balaban J connectivity index is 1.69. The molecule has 0 aromatic heterocycles. The van der Waals surface area contributed by atoms with E-state index in [-0.39, 0.29) is 5.91 Å². The van der Waals surface area contributed by atoms with Crippen molar-refractivity contribution in [1.82, 2.24) is 5.32 Å². The molecular formula is C20H24N2O3S. The molecule has 26 heavy (non-hydrogen) atoms. The Labute approximate surface area is 156 Å². The van der Waals surface area contributed by atoms with Crippen LogP contribution in [-0.2, 0) is 26.1 Å². The average molecular weight is 372 g/mol. The highest BCUT2D eigenvalue weighted by Crippen LogP contribution is 2.25. The summed E-state index contributed by atoms with van der Waals surface area (Å²) >= 11 is 0. The minimum atomic E-state index is -1.12. The second-order valence-electron chi connectivity index (χ2n) is 6.41. The van der Waals surface area contributed by atoms with E-state index in [1.807, 2.05) is 54.6 Å². The van der Waals surface area contributed by atoms with Crippen molar-refractivity contribution in [3.05, 3.63) is 60.2 Å². The molecule has 0 bridgehead atoms. The number of carbonyl (C=O) groups excluding carboxylic acids is 1. The van der Waals surface area contributed by atoms with Crippen LogP contribution in [0.3, 0.4) is 0 Å². The predicted molar refractivity (Wildman–Crippen MR) is 103 cm³/mol. The van der Waals surface area contributed by atoms with Crippen molar-refractivity contribution in [2.45, 2.75) is 29.1 Å². The number of methoxy groups -OCH3 is 1. The van der Waals surface area contributed by atoms with E-state index in [1.165, 1.54) is 0 Å². The van der Waals surface area contributed by atoms with Crippen molar-refractivity contribution in [1.29, 1.82) is 0 Å². The van der Waals surface area contributed by atoms with Crippen LogP contribution in [-0.4, -0.2) is 35.9 Å². The summed E-state index contributed by atoms with van der Waals surface area (Å²) in [4.78, 5) is 13.6. The highest BCUT2D eigenvalue weighted by molar-refractivity contribution is 7.84. The Kier molecular flexibility index (Phi) is 6.19. The van der Waals surface area contributed by atoms with Crippen LogP contribution in [0.5, 0.6) is 0 Å². The first-order chi connectivity index (χ1) is 12.6. The summed E-state index contributed by atoms with van der Waals surface area (Å²) in [6, 6.07) is 16.9. The topological polar surface area (TPSA) is 67.4 Å². The molecule has 2 aromatic carbocycles. The normalized spacial score (nSPS) is 17.4. The molecule has 1 unspecified atom stereocenters. The van der Waals surface area contributed by atoms with Gasteiger partial charge in [-0.25, -0.2) is 0 Å². The molecule has 138 valence electrons. The molecule has 0 aliphatic carbocycles. The summed E-state index contributed by atoms with van der Waals surface area (Å²) in [7, 11) is 0.472. The SMILES string of the molecule is COC1(C(=O)Nc2cccc(CS(=O)c3ccccc3)c2)CCNCC1. The van der Waals surface area contributed by atoms with Gasteiger partial charge in [0.2, 0.25) is 0 Å². The van der Waals surface area contributed by atoms with Crippen molar-refractivity contribution < 1.29 is 13.7 Å². The molecule has 1 saturated heterocycles. The van der Waals surface area contributed by atoms with E-state index in [1.54, 1.807) is 7.11 Å². The Morgan fingerprint density at radius 2 is 1.88 bits per heavy atom. The van der Waals surface area contributed by atoms with E-state index in [9.17, 15) is 9.00 Å². The Hall–Kier alpha value is -2.02. The first-order valence-corrected chi connectivity index (χ1v) is 10.0. The van der Waals surface area contributed by atoms with Gasteiger partial charge in [0.15, 0.2) is 0 Å². The number of rotatable bonds is 6. The molecule has 1 fully saturated rings. The number of hydrogen-bond acceptors (Lipinski definition) is 4. The van der Waals surface area contributed by atoms with Gasteiger partial charge >= 0.3 is 0 Å². The van der Waals surface area contributed by atoms with Crippen molar-refractivity contribution in [3.8, 4) is 0 Å². The minimum Gasteiger partial charge on any atom is -0.368 e. The molecular weight excluding hydrogens is 348 g/mol. The van der Waals surface area contributed by atoms with Gasteiger partial charge < -0.3 is 15.4 Å². The van der Waals surface area contributed by atoms with Crippen LogP contribution < -0.4 is 10.6 Å². The lowest BCUT2D eigenvalue weighted by atomic mass is 9.91. The molecule has 0 saturated carbocycles. The Bertz CT molecular complexity index is 774. The van der Waals surface area contributed by atoms with E-state index in [0.29, 0.717) is 24.3 Å². The largest absolute Gasteiger partial charge is 0.368 e. The van der Waals surface area contributed by atoms with E-state index in [4.69, 9.17) is 4.74 Å². The van der Waals surface area contributed by atoms with E-state index < -0.39 is 16.4 Å². The molecule has 1 heterocycles. The molecule has 1 amide bonds. The average Bonchev–Trinajstić information content (AvgIpc) is 2.69.